The van der Waals surface area contributed by atoms with Crippen molar-refractivity contribution in [3.8, 4) is 0 Å². The summed E-state index contributed by atoms with van der Waals surface area (Å²) >= 11 is 12.0. The molecule has 0 bridgehead atoms. The SMILES string of the molecule is Cc1cc(N(C)C)nc(N[C@H]2CC[C@@H](NC(=O)c3cc(Cl)cc(Cl)c3)CC2)n1. The number of amides is 1. The van der Waals surface area contributed by atoms with E-state index in [2.05, 4.69) is 20.6 Å². The highest BCUT2D eigenvalue weighted by Gasteiger charge is 2.23. The number of aromatic nitrogens is 2. The van der Waals surface area contributed by atoms with Crippen LogP contribution in [0.5, 0.6) is 0 Å². The maximum Gasteiger partial charge on any atom is 0.251 e. The maximum absolute atomic E-state index is 12.5. The van der Waals surface area contributed by atoms with Crippen molar-refractivity contribution in [3.05, 3.63) is 45.6 Å². The Morgan fingerprint density at radius 2 is 1.61 bits per heavy atom. The molecule has 28 heavy (non-hydrogen) atoms. The van der Waals surface area contributed by atoms with Gasteiger partial charge in [0.15, 0.2) is 0 Å². The van der Waals surface area contributed by atoms with Crippen LogP contribution < -0.4 is 15.5 Å². The Hall–Kier alpha value is -2.05. The van der Waals surface area contributed by atoms with Crippen LogP contribution >= 0.6 is 23.2 Å². The first-order chi connectivity index (χ1) is 13.3. The average Bonchev–Trinajstić information content (AvgIpc) is 2.62. The minimum absolute atomic E-state index is 0.138. The van der Waals surface area contributed by atoms with Gasteiger partial charge in [0, 0.05) is 53.5 Å². The normalized spacial score (nSPS) is 19.2. The second-order valence-corrected chi connectivity index (χ2v) is 8.28. The molecule has 1 aromatic carbocycles. The van der Waals surface area contributed by atoms with Crippen molar-refractivity contribution in [2.75, 3.05) is 24.3 Å². The van der Waals surface area contributed by atoms with Crippen LogP contribution in [-0.4, -0.2) is 42.1 Å². The maximum atomic E-state index is 12.5. The number of halogens is 2. The Labute approximate surface area is 175 Å². The summed E-state index contributed by atoms with van der Waals surface area (Å²) < 4.78 is 0. The van der Waals surface area contributed by atoms with Crippen LogP contribution in [0.4, 0.5) is 11.8 Å². The van der Waals surface area contributed by atoms with Gasteiger partial charge in [0.1, 0.15) is 5.82 Å². The standard InChI is InChI=1S/C20H25Cl2N5O/c1-12-8-18(27(2)3)26-20(23-12)25-17-6-4-16(5-7-17)24-19(28)13-9-14(21)11-15(22)10-13/h8-11,16-17H,4-7H2,1-3H3,(H,24,28)(H,23,25,26)/t16-,17+. The van der Waals surface area contributed by atoms with Gasteiger partial charge in [-0.25, -0.2) is 4.98 Å². The highest BCUT2D eigenvalue weighted by Crippen LogP contribution is 2.24. The molecular formula is C20H25Cl2N5O. The van der Waals surface area contributed by atoms with Gasteiger partial charge < -0.3 is 15.5 Å². The molecule has 2 aromatic rings. The summed E-state index contributed by atoms with van der Waals surface area (Å²) in [5, 5.41) is 7.44. The van der Waals surface area contributed by atoms with E-state index in [0.29, 0.717) is 27.6 Å². The molecule has 0 radical (unpaired) electrons. The quantitative estimate of drug-likeness (QED) is 0.752. The number of aryl methyl sites for hydroxylation is 1. The molecule has 2 N–H and O–H groups in total. The van der Waals surface area contributed by atoms with Crippen molar-refractivity contribution in [1.82, 2.24) is 15.3 Å². The Kier molecular flexibility index (Phi) is 6.62. The van der Waals surface area contributed by atoms with Crippen molar-refractivity contribution < 1.29 is 4.79 Å². The number of carbonyl (C=O) groups excluding carboxylic acids is 1. The summed E-state index contributed by atoms with van der Waals surface area (Å²) in [5.41, 5.74) is 1.42. The zero-order valence-electron chi connectivity index (χ0n) is 16.3. The van der Waals surface area contributed by atoms with Gasteiger partial charge in [-0.15, -0.1) is 0 Å². The molecule has 6 nitrogen and oxygen atoms in total. The monoisotopic (exact) mass is 421 g/mol. The van der Waals surface area contributed by atoms with E-state index in [9.17, 15) is 4.79 Å². The number of carbonyl (C=O) groups is 1. The second kappa shape index (κ2) is 8.97. The van der Waals surface area contributed by atoms with Gasteiger partial charge in [-0.1, -0.05) is 23.2 Å². The van der Waals surface area contributed by atoms with E-state index in [-0.39, 0.29) is 11.9 Å². The van der Waals surface area contributed by atoms with E-state index in [1.165, 1.54) is 0 Å². The van der Waals surface area contributed by atoms with Gasteiger partial charge in [-0.3, -0.25) is 4.79 Å². The molecule has 0 unspecified atom stereocenters. The van der Waals surface area contributed by atoms with Gasteiger partial charge in [-0.2, -0.15) is 4.98 Å². The molecule has 0 aliphatic heterocycles. The highest BCUT2D eigenvalue weighted by molar-refractivity contribution is 6.35. The zero-order chi connectivity index (χ0) is 20.3. The smallest absolute Gasteiger partial charge is 0.251 e. The Bertz CT molecular complexity index is 830. The lowest BCUT2D eigenvalue weighted by Crippen LogP contribution is -2.40. The van der Waals surface area contributed by atoms with Crippen molar-refractivity contribution >= 4 is 40.9 Å². The van der Waals surface area contributed by atoms with E-state index in [1.54, 1.807) is 18.2 Å². The third kappa shape index (κ3) is 5.49. The van der Waals surface area contributed by atoms with Crippen molar-refractivity contribution in [2.24, 2.45) is 0 Å². The first-order valence-electron chi connectivity index (χ1n) is 9.36. The number of anilines is 2. The Balaban J connectivity index is 1.54. The molecule has 3 rings (SSSR count). The third-order valence-electron chi connectivity index (χ3n) is 4.82. The Morgan fingerprint density at radius 1 is 1.00 bits per heavy atom. The molecule has 150 valence electrons. The van der Waals surface area contributed by atoms with Gasteiger partial charge in [0.05, 0.1) is 0 Å². The minimum Gasteiger partial charge on any atom is -0.363 e. The summed E-state index contributed by atoms with van der Waals surface area (Å²) in [6.07, 6.45) is 3.67. The van der Waals surface area contributed by atoms with Crippen molar-refractivity contribution in [2.45, 2.75) is 44.7 Å². The van der Waals surface area contributed by atoms with Gasteiger partial charge in [0.25, 0.3) is 5.91 Å². The van der Waals surface area contributed by atoms with Crippen LogP contribution in [0.25, 0.3) is 0 Å². The zero-order valence-corrected chi connectivity index (χ0v) is 17.8. The van der Waals surface area contributed by atoms with Crippen molar-refractivity contribution in [1.29, 1.82) is 0 Å². The number of hydrogen-bond donors (Lipinski definition) is 2. The van der Waals surface area contributed by atoms with Crippen LogP contribution in [0, 0.1) is 6.92 Å². The number of nitrogens with zero attached hydrogens (tertiary/aromatic N) is 3. The average molecular weight is 422 g/mol. The van der Waals surface area contributed by atoms with Crippen LogP contribution in [0.1, 0.15) is 41.7 Å². The Morgan fingerprint density at radius 3 is 2.21 bits per heavy atom. The second-order valence-electron chi connectivity index (χ2n) is 7.41. The third-order valence-corrected chi connectivity index (χ3v) is 5.26. The van der Waals surface area contributed by atoms with Crippen LogP contribution in [0.3, 0.4) is 0 Å². The van der Waals surface area contributed by atoms with Gasteiger partial charge in [-0.05, 0) is 50.8 Å². The molecular weight excluding hydrogens is 397 g/mol. The summed E-state index contributed by atoms with van der Waals surface area (Å²) in [7, 11) is 3.93. The molecule has 0 spiro atoms. The molecule has 1 amide bonds. The topological polar surface area (TPSA) is 70.2 Å². The van der Waals surface area contributed by atoms with E-state index < -0.39 is 0 Å². The van der Waals surface area contributed by atoms with Gasteiger partial charge >= 0.3 is 0 Å². The molecule has 1 aromatic heterocycles. The summed E-state index contributed by atoms with van der Waals surface area (Å²) in [5.74, 6) is 1.40. The summed E-state index contributed by atoms with van der Waals surface area (Å²) in [6.45, 7) is 1.97. The molecule has 1 fully saturated rings. The molecule has 1 saturated carbocycles. The molecule has 0 atom stereocenters. The number of benzene rings is 1. The highest BCUT2D eigenvalue weighted by atomic mass is 35.5. The number of nitrogens with one attached hydrogen (secondary N) is 2. The number of hydrogen-bond acceptors (Lipinski definition) is 5. The fourth-order valence-electron chi connectivity index (χ4n) is 3.36. The lowest BCUT2D eigenvalue weighted by Gasteiger charge is -2.30. The lowest BCUT2D eigenvalue weighted by molar-refractivity contribution is 0.0926. The minimum atomic E-state index is -0.140. The number of rotatable bonds is 5. The predicted octanol–water partition coefficient (Wildman–Crippen LogP) is 4.31. The molecule has 1 heterocycles. The van der Waals surface area contributed by atoms with Crippen LogP contribution in [0.15, 0.2) is 24.3 Å². The van der Waals surface area contributed by atoms with E-state index >= 15 is 0 Å². The van der Waals surface area contributed by atoms with Crippen LogP contribution in [-0.2, 0) is 0 Å². The van der Waals surface area contributed by atoms with Crippen LogP contribution in [0.2, 0.25) is 10.0 Å². The van der Waals surface area contributed by atoms with Gasteiger partial charge in [0.2, 0.25) is 5.95 Å². The van der Waals surface area contributed by atoms with E-state index in [1.807, 2.05) is 32.0 Å². The molecule has 1 aliphatic carbocycles. The fourth-order valence-corrected chi connectivity index (χ4v) is 3.89. The van der Waals surface area contributed by atoms with E-state index in [0.717, 1.165) is 37.2 Å². The molecule has 8 heteroatoms. The summed E-state index contributed by atoms with van der Waals surface area (Å²) in [6, 6.07) is 7.27. The van der Waals surface area contributed by atoms with E-state index in [4.69, 9.17) is 23.2 Å². The van der Waals surface area contributed by atoms with Crippen molar-refractivity contribution in [3.63, 3.8) is 0 Å². The largest absolute Gasteiger partial charge is 0.363 e. The first-order valence-corrected chi connectivity index (χ1v) is 10.1. The molecule has 1 aliphatic rings. The fraction of sp³-hybridized carbons (Fsp3) is 0.450. The summed E-state index contributed by atoms with van der Waals surface area (Å²) in [4.78, 5) is 23.5. The lowest BCUT2D eigenvalue weighted by atomic mass is 9.91. The molecule has 0 saturated heterocycles. The predicted molar refractivity (Wildman–Crippen MR) is 115 cm³/mol. The first kappa shape index (κ1) is 20.7.